The maximum atomic E-state index is 10.0. The second kappa shape index (κ2) is 6.47. The minimum Gasteiger partial charge on any atom is -0.493 e. The van der Waals surface area contributed by atoms with Gasteiger partial charge in [0.15, 0.2) is 11.5 Å². The molecule has 0 aliphatic carbocycles. The van der Waals surface area contributed by atoms with Crippen molar-refractivity contribution >= 4 is 0 Å². The molecular formula is C13H21NO3. The zero-order valence-electron chi connectivity index (χ0n) is 10.9. The fourth-order valence-corrected chi connectivity index (χ4v) is 1.62. The summed E-state index contributed by atoms with van der Waals surface area (Å²) in [4.78, 5) is 0. The van der Waals surface area contributed by atoms with Crippen molar-refractivity contribution in [1.29, 1.82) is 0 Å². The van der Waals surface area contributed by atoms with Gasteiger partial charge in [-0.2, -0.15) is 0 Å². The second-order valence-corrected chi connectivity index (χ2v) is 4.12. The minimum absolute atomic E-state index is 0.0341. The molecule has 0 bridgehead atoms. The number of aliphatic hydroxyl groups is 1. The first-order chi connectivity index (χ1) is 8.10. The van der Waals surface area contributed by atoms with Crippen LogP contribution in [-0.2, 0) is 0 Å². The van der Waals surface area contributed by atoms with Crippen LogP contribution in [0.4, 0.5) is 0 Å². The van der Waals surface area contributed by atoms with Crippen molar-refractivity contribution in [2.75, 3.05) is 20.7 Å². The molecule has 1 aromatic carbocycles. The Bertz CT molecular complexity index is 353. The number of benzene rings is 1. The van der Waals surface area contributed by atoms with E-state index in [0.717, 1.165) is 5.56 Å². The van der Waals surface area contributed by atoms with Gasteiger partial charge in [-0.15, -0.1) is 0 Å². The standard InChI is InChI=1S/C13H21NO3/c1-9(2)17-13-10(11(15)8-14-3)6-5-7-12(13)16-4/h5-7,9,11,14-15H,8H2,1-4H3. The van der Waals surface area contributed by atoms with Gasteiger partial charge in [0.25, 0.3) is 0 Å². The number of ether oxygens (including phenoxy) is 2. The van der Waals surface area contributed by atoms with Gasteiger partial charge >= 0.3 is 0 Å². The maximum absolute atomic E-state index is 10.0. The molecule has 2 N–H and O–H groups in total. The Hall–Kier alpha value is -1.26. The third-order valence-corrected chi connectivity index (χ3v) is 2.34. The van der Waals surface area contributed by atoms with Gasteiger partial charge in [-0.1, -0.05) is 12.1 Å². The van der Waals surface area contributed by atoms with Crippen LogP contribution < -0.4 is 14.8 Å². The van der Waals surface area contributed by atoms with Crippen molar-refractivity contribution < 1.29 is 14.6 Å². The number of likely N-dealkylation sites (N-methyl/N-ethyl adjacent to an activating group) is 1. The number of hydrogen-bond donors (Lipinski definition) is 2. The van der Waals surface area contributed by atoms with Crippen LogP contribution in [0.1, 0.15) is 25.5 Å². The van der Waals surface area contributed by atoms with Crippen molar-refractivity contribution in [3.63, 3.8) is 0 Å². The summed E-state index contributed by atoms with van der Waals surface area (Å²) in [6, 6.07) is 5.52. The Morgan fingerprint density at radius 3 is 2.59 bits per heavy atom. The predicted molar refractivity (Wildman–Crippen MR) is 67.6 cm³/mol. The lowest BCUT2D eigenvalue weighted by Crippen LogP contribution is -2.18. The van der Waals surface area contributed by atoms with E-state index in [1.807, 2.05) is 32.0 Å². The SMILES string of the molecule is CNCC(O)c1cccc(OC)c1OC(C)C. The smallest absolute Gasteiger partial charge is 0.167 e. The zero-order chi connectivity index (χ0) is 12.8. The molecule has 1 atom stereocenters. The molecule has 96 valence electrons. The number of rotatable bonds is 6. The Balaban J connectivity index is 3.09. The summed E-state index contributed by atoms with van der Waals surface area (Å²) >= 11 is 0. The van der Waals surface area contributed by atoms with Crippen LogP contribution in [0, 0.1) is 0 Å². The van der Waals surface area contributed by atoms with Crippen molar-refractivity contribution in [3.05, 3.63) is 23.8 Å². The van der Waals surface area contributed by atoms with Gasteiger partial charge in [0, 0.05) is 12.1 Å². The summed E-state index contributed by atoms with van der Waals surface area (Å²) in [7, 11) is 3.39. The van der Waals surface area contributed by atoms with Gasteiger partial charge in [-0.3, -0.25) is 0 Å². The zero-order valence-corrected chi connectivity index (χ0v) is 10.9. The van der Waals surface area contributed by atoms with Crippen molar-refractivity contribution in [1.82, 2.24) is 5.32 Å². The summed E-state index contributed by atoms with van der Waals surface area (Å²) in [6.07, 6.45) is -0.573. The molecule has 4 nitrogen and oxygen atoms in total. The molecule has 0 radical (unpaired) electrons. The van der Waals surface area contributed by atoms with E-state index in [9.17, 15) is 5.11 Å². The second-order valence-electron chi connectivity index (χ2n) is 4.12. The molecule has 0 aliphatic heterocycles. The average Bonchev–Trinajstić information content (AvgIpc) is 2.28. The first-order valence-corrected chi connectivity index (χ1v) is 5.76. The van der Waals surface area contributed by atoms with Crippen LogP contribution in [-0.4, -0.2) is 31.9 Å². The van der Waals surface area contributed by atoms with E-state index in [4.69, 9.17) is 9.47 Å². The van der Waals surface area contributed by atoms with E-state index in [-0.39, 0.29) is 6.10 Å². The molecule has 0 fully saturated rings. The number of para-hydroxylation sites is 1. The van der Waals surface area contributed by atoms with Crippen LogP contribution in [0.2, 0.25) is 0 Å². The highest BCUT2D eigenvalue weighted by atomic mass is 16.5. The number of hydrogen-bond acceptors (Lipinski definition) is 4. The van der Waals surface area contributed by atoms with Gasteiger partial charge in [0.1, 0.15) is 0 Å². The molecule has 0 heterocycles. The lowest BCUT2D eigenvalue weighted by Gasteiger charge is -2.20. The van der Waals surface area contributed by atoms with E-state index >= 15 is 0 Å². The number of aliphatic hydroxyl groups excluding tert-OH is 1. The maximum Gasteiger partial charge on any atom is 0.167 e. The fourth-order valence-electron chi connectivity index (χ4n) is 1.62. The highest BCUT2D eigenvalue weighted by molar-refractivity contribution is 5.47. The third kappa shape index (κ3) is 3.61. The molecular weight excluding hydrogens is 218 g/mol. The summed E-state index contributed by atoms with van der Waals surface area (Å²) < 4.78 is 11.0. The summed E-state index contributed by atoms with van der Waals surface area (Å²) in [5, 5.41) is 13.0. The summed E-state index contributed by atoms with van der Waals surface area (Å²) in [5.74, 6) is 1.26. The molecule has 0 aromatic heterocycles. The van der Waals surface area contributed by atoms with Crippen LogP contribution in [0.15, 0.2) is 18.2 Å². The molecule has 0 saturated heterocycles. The number of methoxy groups -OCH3 is 1. The van der Waals surface area contributed by atoms with E-state index in [0.29, 0.717) is 18.0 Å². The van der Waals surface area contributed by atoms with Crippen molar-refractivity contribution in [2.45, 2.75) is 26.1 Å². The lowest BCUT2D eigenvalue weighted by molar-refractivity contribution is 0.163. The molecule has 0 amide bonds. The molecule has 0 spiro atoms. The van der Waals surface area contributed by atoms with Gasteiger partial charge in [-0.05, 0) is 27.0 Å². The Morgan fingerprint density at radius 1 is 1.35 bits per heavy atom. The Morgan fingerprint density at radius 2 is 2.06 bits per heavy atom. The first kappa shape index (κ1) is 13.8. The molecule has 1 rings (SSSR count). The topological polar surface area (TPSA) is 50.7 Å². The lowest BCUT2D eigenvalue weighted by atomic mass is 10.1. The van der Waals surface area contributed by atoms with E-state index in [1.54, 1.807) is 14.2 Å². The van der Waals surface area contributed by atoms with Gasteiger partial charge in [0.05, 0.1) is 19.3 Å². The molecule has 4 heteroatoms. The first-order valence-electron chi connectivity index (χ1n) is 5.76. The van der Waals surface area contributed by atoms with Crippen LogP contribution in [0.5, 0.6) is 11.5 Å². The quantitative estimate of drug-likeness (QED) is 0.794. The fraction of sp³-hybridized carbons (Fsp3) is 0.538. The monoisotopic (exact) mass is 239 g/mol. The van der Waals surface area contributed by atoms with Crippen molar-refractivity contribution in [2.24, 2.45) is 0 Å². The Kier molecular flexibility index (Phi) is 5.25. The molecule has 1 unspecified atom stereocenters. The van der Waals surface area contributed by atoms with Crippen LogP contribution >= 0.6 is 0 Å². The van der Waals surface area contributed by atoms with E-state index < -0.39 is 6.10 Å². The van der Waals surface area contributed by atoms with Gasteiger partial charge in [0.2, 0.25) is 0 Å². The normalized spacial score (nSPS) is 12.6. The van der Waals surface area contributed by atoms with E-state index in [2.05, 4.69) is 5.32 Å². The van der Waals surface area contributed by atoms with Crippen LogP contribution in [0.3, 0.4) is 0 Å². The molecule has 1 aromatic rings. The van der Waals surface area contributed by atoms with Gasteiger partial charge in [-0.25, -0.2) is 0 Å². The highest BCUT2D eigenvalue weighted by Crippen LogP contribution is 2.35. The largest absolute Gasteiger partial charge is 0.493 e. The highest BCUT2D eigenvalue weighted by Gasteiger charge is 2.17. The van der Waals surface area contributed by atoms with Gasteiger partial charge < -0.3 is 19.9 Å². The van der Waals surface area contributed by atoms with E-state index in [1.165, 1.54) is 0 Å². The Labute approximate surface area is 103 Å². The molecule has 0 aliphatic rings. The predicted octanol–water partition coefficient (Wildman–Crippen LogP) is 1.74. The number of nitrogens with one attached hydrogen (secondary N) is 1. The minimum atomic E-state index is -0.608. The van der Waals surface area contributed by atoms with Crippen LogP contribution in [0.25, 0.3) is 0 Å². The molecule has 0 saturated carbocycles. The molecule has 17 heavy (non-hydrogen) atoms. The van der Waals surface area contributed by atoms with Crippen molar-refractivity contribution in [3.8, 4) is 11.5 Å². The average molecular weight is 239 g/mol. The summed E-state index contributed by atoms with van der Waals surface area (Å²) in [5.41, 5.74) is 0.743. The summed E-state index contributed by atoms with van der Waals surface area (Å²) in [6.45, 7) is 4.36. The third-order valence-electron chi connectivity index (χ3n) is 2.34.